The predicted molar refractivity (Wildman–Crippen MR) is 73.6 cm³/mol. The van der Waals surface area contributed by atoms with Crippen LogP contribution >= 0.6 is 11.3 Å². The lowest BCUT2D eigenvalue weighted by Gasteiger charge is -2.09. The molecule has 2 heterocycles. The Balaban J connectivity index is 1.94. The fraction of sp³-hybridized carbons (Fsp3) is 0.385. The van der Waals surface area contributed by atoms with Crippen molar-refractivity contribution in [2.75, 3.05) is 5.32 Å². The minimum atomic E-state index is -0.804. The van der Waals surface area contributed by atoms with Gasteiger partial charge >= 0.3 is 5.97 Å². The van der Waals surface area contributed by atoms with E-state index < -0.39 is 5.97 Å². The zero-order valence-electron chi connectivity index (χ0n) is 10.8. The van der Waals surface area contributed by atoms with Crippen LogP contribution in [0.3, 0.4) is 0 Å². The average Bonchev–Trinajstić information content (AvgIpc) is 2.95. The summed E-state index contributed by atoms with van der Waals surface area (Å²) >= 11 is 1.47. The first-order valence-corrected chi connectivity index (χ1v) is 6.91. The smallest absolute Gasteiger partial charge is 0.303 e. The molecule has 0 saturated heterocycles. The Kier molecular flexibility index (Phi) is 4.21. The molecular weight excluding hydrogens is 264 g/mol. The molecule has 0 aliphatic rings. The average molecular weight is 280 g/mol. The topological polar surface area (TPSA) is 75.4 Å². The van der Waals surface area contributed by atoms with Crippen molar-refractivity contribution in [3.8, 4) is 0 Å². The fourth-order valence-corrected chi connectivity index (χ4v) is 2.50. The van der Waals surface area contributed by atoms with Gasteiger partial charge in [0.25, 0.3) is 0 Å². The minimum Gasteiger partial charge on any atom is -0.481 e. The van der Waals surface area contributed by atoms with Gasteiger partial charge < -0.3 is 14.8 Å². The van der Waals surface area contributed by atoms with Crippen molar-refractivity contribution in [1.29, 1.82) is 0 Å². The highest BCUT2D eigenvalue weighted by atomic mass is 32.1. The van der Waals surface area contributed by atoms with Gasteiger partial charge in [0.05, 0.1) is 18.2 Å². The third kappa shape index (κ3) is 3.82. The number of nitrogens with zero attached hydrogens (tertiary/aromatic N) is 1. The van der Waals surface area contributed by atoms with E-state index in [2.05, 4.69) is 10.3 Å². The Morgan fingerprint density at radius 2 is 2.37 bits per heavy atom. The number of thiazole rings is 1. The molecular formula is C13H16N2O3S. The van der Waals surface area contributed by atoms with Gasteiger partial charge in [-0.1, -0.05) is 0 Å². The van der Waals surface area contributed by atoms with Gasteiger partial charge in [0.2, 0.25) is 0 Å². The van der Waals surface area contributed by atoms with E-state index in [0.717, 1.165) is 22.3 Å². The molecule has 5 nitrogen and oxygen atoms in total. The van der Waals surface area contributed by atoms with Crippen LogP contribution in [-0.2, 0) is 11.2 Å². The summed E-state index contributed by atoms with van der Waals surface area (Å²) in [7, 11) is 0. The summed E-state index contributed by atoms with van der Waals surface area (Å²) in [5.74, 6) is 0.937. The van der Waals surface area contributed by atoms with Gasteiger partial charge in [-0.05, 0) is 26.0 Å². The number of aromatic nitrogens is 1. The molecule has 0 bridgehead atoms. The Bertz CT molecular complexity index is 562. The Labute approximate surface area is 115 Å². The molecule has 0 amide bonds. The number of carboxylic acid groups (broad SMARTS) is 1. The van der Waals surface area contributed by atoms with Crippen LogP contribution in [0.5, 0.6) is 0 Å². The molecule has 6 heteroatoms. The van der Waals surface area contributed by atoms with Gasteiger partial charge in [0.1, 0.15) is 11.5 Å². The monoisotopic (exact) mass is 280 g/mol. The number of aliphatic carboxylic acids is 1. The zero-order valence-corrected chi connectivity index (χ0v) is 11.7. The fourth-order valence-electron chi connectivity index (χ4n) is 1.67. The largest absolute Gasteiger partial charge is 0.481 e. The molecule has 0 spiro atoms. The summed E-state index contributed by atoms with van der Waals surface area (Å²) in [6.07, 6.45) is 0.567. The van der Waals surface area contributed by atoms with Crippen molar-refractivity contribution >= 4 is 22.4 Å². The second-order valence-corrected chi connectivity index (χ2v) is 5.21. The first-order chi connectivity index (χ1) is 9.04. The van der Waals surface area contributed by atoms with Gasteiger partial charge in [0, 0.05) is 11.8 Å². The first kappa shape index (κ1) is 13.6. The number of carboxylic acids is 1. The molecule has 0 saturated carbocycles. The molecule has 1 unspecified atom stereocenters. The molecule has 1 atom stereocenters. The van der Waals surface area contributed by atoms with E-state index in [1.807, 2.05) is 31.4 Å². The number of hydrogen-bond acceptors (Lipinski definition) is 5. The standard InChI is InChI=1S/C13H16N2O3S/c1-8-3-5-11(18-8)9(2)14-13-15-10(7-19-13)4-6-12(16)17/h3,5,7,9H,4,6H2,1-2H3,(H,14,15)(H,16,17). The number of carbonyl (C=O) groups is 1. The summed E-state index contributed by atoms with van der Waals surface area (Å²) in [6, 6.07) is 3.90. The molecule has 2 aromatic rings. The van der Waals surface area contributed by atoms with Gasteiger partial charge in [-0.2, -0.15) is 0 Å². The number of hydrogen-bond donors (Lipinski definition) is 2. The van der Waals surface area contributed by atoms with Crippen LogP contribution in [0.2, 0.25) is 0 Å². The van der Waals surface area contributed by atoms with Crippen LogP contribution < -0.4 is 5.32 Å². The van der Waals surface area contributed by atoms with Gasteiger partial charge in [-0.25, -0.2) is 4.98 Å². The maximum atomic E-state index is 10.5. The second-order valence-electron chi connectivity index (χ2n) is 4.35. The van der Waals surface area contributed by atoms with E-state index in [0.29, 0.717) is 6.42 Å². The summed E-state index contributed by atoms with van der Waals surface area (Å²) in [5.41, 5.74) is 0.803. The molecule has 0 aromatic carbocycles. The van der Waals surface area contributed by atoms with Crippen molar-refractivity contribution in [1.82, 2.24) is 4.98 Å². The summed E-state index contributed by atoms with van der Waals surface area (Å²) in [5, 5.41) is 14.5. The van der Waals surface area contributed by atoms with Gasteiger partial charge in [-0.15, -0.1) is 11.3 Å². The lowest BCUT2D eigenvalue weighted by Crippen LogP contribution is -2.05. The minimum absolute atomic E-state index is 0.0344. The Morgan fingerprint density at radius 3 is 3.00 bits per heavy atom. The number of aryl methyl sites for hydroxylation is 2. The molecule has 19 heavy (non-hydrogen) atoms. The highest BCUT2D eigenvalue weighted by Crippen LogP contribution is 2.24. The molecule has 0 radical (unpaired) electrons. The molecule has 0 aliphatic carbocycles. The van der Waals surface area contributed by atoms with E-state index in [4.69, 9.17) is 9.52 Å². The first-order valence-electron chi connectivity index (χ1n) is 6.03. The van der Waals surface area contributed by atoms with E-state index in [1.165, 1.54) is 11.3 Å². The summed E-state index contributed by atoms with van der Waals surface area (Å²) in [4.78, 5) is 14.8. The van der Waals surface area contributed by atoms with Crippen molar-refractivity contribution in [3.63, 3.8) is 0 Å². The number of anilines is 1. The van der Waals surface area contributed by atoms with Crippen molar-refractivity contribution in [2.24, 2.45) is 0 Å². The number of nitrogens with one attached hydrogen (secondary N) is 1. The lowest BCUT2D eigenvalue weighted by molar-refractivity contribution is -0.136. The van der Waals surface area contributed by atoms with Crippen LogP contribution in [0.25, 0.3) is 0 Å². The van der Waals surface area contributed by atoms with E-state index in [1.54, 1.807) is 0 Å². The highest BCUT2D eigenvalue weighted by molar-refractivity contribution is 7.13. The lowest BCUT2D eigenvalue weighted by atomic mass is 10.2. The molecule has 0 fully saturated rings. The van der Waals surface area contributed by atoms with Crippen molar-refractivity contribution < 1.29 is 14.3 Å². The van der Waals surface area contributed by atoms with E-state index >= 15 is 0 Å². The molecule has 2 aromatic heterocycles. The van der Waals surface area contributed by atoms with Crippen molar-refractivity contribution in [3.05, 3.63) is 34.7 Å². The third-order valence-corrected chi connectivity index (χ3v) is 3.50. The normalized spacial score (nSPS) is 12.3. The van der Waals surface area contributed by atoms with E-state index in [-0.39, 0.29) is 12.5 Å². The molecule has 2 rings (SSSR count). The van der Waals surface area contributed by atoms with Gasteiger partial charge in [-0.3, -0.25) is 4.79 Å². The Hall–Kier alpha value is -1.82. The number of furan rings is 1. The number of rotatable bonds is 6. The maximum Gasteiger partial charge on any atom is 0.303 e. The maximum absolute atomic E-state index is 10.5. The molecule has 0 aliphatic heterocycles. The van der Waals surface area contributed by atoms with Crippen LogP contribution in [0.1, 0.15) is 36.6 Å². The molecule has 2 N–H and O–H groups in total. The van der Waals surface area contributed by atoms with Crippen LogP contribution in [0.4, 0.5) is 5.13 Å². The quantitative estimate of drug-likeness (QED) is 0.849. The van der Waals surface area contributed by atoms with Crippen LogP contribution in [0.15, 0.2) is 21.9 Å². The SMILES string of the molecule is Cc1ccc(C(C)Nc2nc(CCC(=O)O)cs2)o1. The third-order valence-electron chi connectivity index (χ3n) is 2.67. The molecule has 102 valence electrons. The second kappa shape index (κ2) is 5.88. The van der Waals surface area contributed by atoms with E-state index in [9.17, 15) is 4.79 Å². The van der Waals surface area contributed by atoms with Crippen LogP contribution in [0, 0.1) is 6.92 Å². The Morgan fingerprint density at radius 1 is 1.58 bits per heavy atom. The highest BCUT2D eigenvalue weighted by Gasteiger charge is 2.11. The van der Waals surface area contributed by atoms with Crippen molar-refractivity contribution in [2.45, 2.75) is 32.7 Å². The predicted octanol–water partition coefficient (Wildman–Crippen LogP) is 3.23. The summed E-state index contributed by atoms with van der Waals surface area (Å²) < 4.78 is 5.54. The zero-order chi connectivity index (χ0) is 13.8. The van der Waals surface area contributed by atoms with Crippen LogP contribution in [-0.4, -0.2) is 16.1 Å². The van der Waals surface area contributed by atoms with Gasteiger partial charge in [0.15, 0.2) is 5.13 Å². The summed E-state index contributed by atoms with van der Waals surface area (Å²) in [6.45, 7) is 3.90.